The molecule has 2 N–H and O–H groups in total. The Kier molecular flexibility index (Phi) is 10.9. The zero-order valence-corrected chi connectivity index (χ0v) is 29.6. The molecule has 0 spiro atoms. The molecule has 52 heavy (non-hydrogen) atoms. The van der Waals surface area contributed by atoms with Crippen molar-refractivity contribution < 1.29 is 18.5 Å². The number of nitrogens with zero attached hydrogens (tertiary/aromatic N) is 4. The molecule has 0 aromatic carbocycles. The van der Waals surface area contributed by atoms with Crippen molar-refractivity contribution >= 4 is 56.3 Å². The predicted molar refractivity (Wildman–Crippen MR) is 198 cm³/mol. The summed E-state index contributed by atoms with van der Waals surface area (Å²) >= 11 is 3.11. The average molecular weight is 743 g/mol. The molecule has 0 bridgehead atoms. The molecule has 6 heterocycles. The monoisotopic (exact) mass is 742 g/mol. The summed E-state index contributed by atoms with van der Waals surface area (Å²) in [6, 6.07) is 10.3. The molecule has 0 radical (unpaired) electrons. The zero-order valence-electron chi connectivity index (χ0n) is 28.0. The quantitative estimate of drug-likeness (QED) is 0.164. The van der Waals surface area contributed by atoms with Gasteiger partial charge in [-0.2, -0.15) is 9.97 Å². The van der Waals surface area contributed by atoms with E-state index in [4.69, 9.17) is 18.5 Å². The third kappa shape index (κ3) is 8.69. The van der Waals surface area contributed by atoms with Crippen molar-refractivity contribution in [1.82, 2.24) is 19.9 Å². The standard InChI is InChI=1S/2C18H17N3O4S/c2*22-14-10-11(9-13-7-4-8-26-13)15-16(23)19-18(20-17(15)24-14)25-21-12-5-2-1-3-6-12/h2*4,7-8,10H,1-3,5-6,9H2,(H,19,20,23). The van der Waals surface area contributed by atoms with Crippen LogP contribution in [0.15, 0.2) is 85.5 Å². The molecule has 16 heteroatoms. The molecule has 8 rings (SSSR count). The minimum absolute atomic E-state index is 0.0355. The van der Waals surface area contributed by atoms with E-state index < -0.39 is 22.4 Å². The van der Waals surface area contributed by atoms with Crippen molar-refractivity contribution in [2.75, 3.05) is 0 Å². The first-order chi connectivity index (χ1) is 25.4. The smallest absolute Gasteiger partial charge is 0.337 e. The van der Waals surface area contributed by atoms with E-state index in [0.717, 1.165) is 72.5 Å². The maximum atomic E-state index is 12.5. The fourth-order valence-corrected chi connectivity index (χ4v) is 7.60. The zero-order chi connectivity index (χ0) is 35.9. The summed E-state index contributed by atoms with van der Waals surface area (Å²) in [6.07, 6.45) is 11.2. The Hall–Kier alpha value is -5.48. The van der Waals surface area contributed by atoms with Crippen LogP contribution < -0.4 is 32.0 Å². The lowest BCUT2D eigenvalue weighted by molar-refractivity contribution is 0.307. The minimum Gasteiger partial charge on any atom is -0.403 e. The summed E-state index contributed by atoms with van der Waals surface area (Å²) in [6.45, 7) is 0. The second-order valence-electron chi connectivity index (χ2n) is 12.4. The number of aromatic nitrogens is 4. The largest absolute Gasteiger partial charge is 0.403 e. The molecule has 2 saturated carbocycles. The Balaban J connectivity index is 0.000000162. The normalized spacial score (nSPS) is 14.5. The van der Waals surface area contributed by atoms with Gasteiger partial charge in [0.25, 0.3) is 11.1 Å². The van der Waals surface area contributed by atoms with Gasteiger partial charge in [0.15, 0.2) is 0 Å². The van der Waals surface area contributed by atoms with Crippen LogP contribution in [0.25, 0.3) is 22.2 Å². The molecule has 0 aliphatic heterocycles. The number of rotatable bonds is 8. The molecule has 6 aromatic rings. The Morgan fingerprint density at radius 1 is 0.635 bits per heavy atom. The highest BCUT2D eigenvalue weighted by Crippen LogP contribution is 2.22. The van der Waals surface area contributed by atoms with Crippen molar-refractivity contribution in [3.05, 3.63) is 110 Å². The van der Waals surface area contributed by atoms with Crippen LogP contribution in [-0.2, 0) is 12.8 Å². The number of aromatic amines is 2. The fourth-order valence-electron chi connectivity index (χ4n) is 6.14. The number of nitrogens with one attached hydrogen (secondary N) is 2. The molecule has 0 saturated heterocycles. The lowest BCUT2D eigenvalue weighted by Crippen LogP contribution is -2.15. The first-order valence-electron chi connectivity index (χ1n) is 17.0. The maximum Gasteiger partial charge on any atom is 0.337 e. The fraction of sp³-hybridized carbons (Fsp3) is 0.333. The Morgan fingerprint density at radius 3 is 1.44 bits per heavy atom. The number of H-pyrrole nitrogens is 2. The molecule has 0 amide bonds. The van der Waals surface area contributed by atoms with Gasteiger partial charge in [-0.25, -0.2) is 9.59 Å². The lowest BCUT2D eigenvalue weighted by atomic mass is 9.99. The van der Waals surface area contributed by atoms with Gasteiger partial charge in [-0.3, -0.25) is 19.6 Å². The van der Waals surface area contributed by atoms with Crippen LogP contribution in [0.2, 0.25) is 0 Å². The molecule has 2 aliphatic rings. The Bertz CT molecular complexity index is 2290. The van der Waals surface area contributed by atoms with E-state index in [1.807, 2.05) is 35.0 Å². The third-order valence-corrected chi connectivity index (χ3v) is 10.4. The van der Waals surface area contributed by atoms with Crippen LogP contribution in [0.4, 0.5) is 0 Å². The summed E-state index contributed by atoms with van der Waals surface area (Å²) in [5, 5.41) is 12.6. The molecule has 2 fully saturated rings. The Labute approximate surface area is 302 Å². The van der Waals surface area contributed by atoms with Crippen LogP contribution in [0.1, 0.15) is 85.1 Å². The molecule has 14 nitrogen and oxygen atoms in total. The van der Waals surface area contributed by atoms with Crippen molar-refractivity contribution in [3.63, 3.8) is 0 Å². The molecule has 6 aromatic heterocycles. The second kappa shape index (κ2) is 16.2. The van der Waals surface area contributed by atoms with E-state index in [2.05, 4.69) is 30.2 Å². The van der Waals surface area contributed by atoms with Gasteiger partial charge in [-0.15, -0.1) is 22.7 Å². The highest BCUT2D eigenvalue weighted by Gasteiger charge is 2.17. The molecule has 0 atom stereocenters. The van der Waals surface area contributed by atoms with Gasteiger partial charge < -0.3 is 18.5 Å². The van der Waals surface area contributed by atoms with Crippen molar-refractivity contribution in [2.24, 2.45) is 10.3 Å². The van der Waals surface area contributed by atoms with Crippen molar-refractivity contribution in [3.8, 4) is 12.0 Å². The first-order valence-corrected chi connectivity index (χ1v) is 18.8. The Morgan fingerprint density at radius 2 is 1.06 bits per heavy atom. The summed E-state index contributed by atoms with van der Waals surface area (Å²) in [5.74, 6) is 0. The van der Waals surface area contributed by atoms with Gasteiger partial charge in [-0.05, 0) is 85.4 Å². The molecule has 268 valence electrons. The lowest BCUT2D eigenvalue weighted by Gasteiger charge is -2.11. The van der Waals surface area contributed by atoms with Crippen LogP contribution in [0.5, 0.6) is 12.0 Å². The van der Waals surface area contributed by atoms with E-state index >= 15 is 0 Å². The van der Waals surface area contributed by atoms with Crippen LogP contribution >= 0.6 is 22.7 Å². The van der Waals surface area contributed by atoms with Gasteiger partial charge in [0.1, 0.15) is 10.8 Å². The van der Waals surface area contributed by atoms with Crippen LogP contribution in [-0.4, -0.2) is 31.4 Å². The van der Waals surface area contributed by atoms with E-state index in [1.54, 1.807) is 22.7 Å². The van der Waals surface area contributed by atoms with Gasteiger partial charge in [0, 0.05) is 34.7 Å². The van der Waals surface area contributed by atoms with Gasteiger partial charge >= 0.3 is 23.3 Å². The van der Waals surface area contributed by atoms with E-state index in [0.29, 0.717) is 24.0 Å². The second-order valence-corrected chi connectivity index (χ2v) is 14.5. The van der Waals surface area contributed by atoms with E-state index in [-0.39, 0.29) is 34.2 Å². The highest BCUT2D eigenvalue weighted by atomic mass is 32.1. The molecule has 2 aliphatic carbocycles. The summed E-state index contributed by atoms with van der Waals surface area (Å²) in [7, 11) is 0. The number of oxime groups is 2. The molecular weight excluding hydrogens is 709 g/mol. The van der Waals surface area contributed by atoms with Crippen LogP contribution in [0, 0.1) is 0 Å². The van der Waals surface area contributed by atoms with Gasteiger partial charge in [-0.1, -0.05) is 35.3 Å². The average Bonchev–Trinajstić information content (AvgIpc) is 3.85. The van der Waals surface area contributed by atoms with Crippen molar-refractivity contribution in [2.45, 2.75) is 77.0 Å². The van der Waals surface area contributed by atoms with Crippen molar-refractivity contribution in [1.29, 1.82) is 0 Å². The maximum absolute atomic E-state index is 12.5. The number of fused-ring (bicyclic) bond motifs is 2. The highest BCUT2D eigenvalue weighted by molar-refractivity contribution is 7.10. The summed E-state index contributed by atoms with van der Waals surface area (Å²) in [5.41, 5.74) is 1.07. The topological polar surface area (TPSA) is 195 Å². The minimum atomic E-state index is -0.549. The predicted octanol–water partition coefficient (Wildman–Crippen LogP) is 6.46. The van der Waals surface area contributed by atoms with E-state index in [1.165, 1.54) is 25.0 Å². The number of hydrogen-bond acceptors (Lipinski definition) is 14. The van der Waals surface area contributed by atoms with Gasteiger partial charge in [0.2, 0.25) is 11.4 Å². The summed E-state index contributed by atoms with van der Waals surface area (Å²) in [4.78, 5) is 74.9. The number of hydrogen-bond donors (Lipinski definition) is 2. The summed E-state index contributed by atoms with van der Waals surface area (Å²) < 4.78 is 10.2. The van der Waals surface area contributed by atoms with E-state index in [9.17, 15) is 19.2 Å². The molecular formula is C36H34N6O8S2. The first kappa shape index (κ1) is 34.9. The SMILES string of the molecule is O=c1cc(Cc2cccs2)c2c(=O)[nH]c(ON=C3CCCCC3)nc2o1.O=c1cc(Cc2cccs2)c2c(=O)[nH]c(ON=C3CCCCC3)nc2o1. The molecule has 0 unspecified atom stereocenters. The van der Waals surface area contributed by atoms with Gasteiger partial charge in [0.05, 0.1) is 11.4 Å². The van der Waals surface area contributed by atoms with Crippen LogP contribution in [0.3, 0.4) is 0 Å². The third-order valence-electron chi connectivity index (χ3n) is 8.62. The number of thiophene rings is 2.